The minimum Gasteiger partial charge on any atom is -0.364 e. The third-order valence-corrected chi connectivity index (χ3v) is 5.85. The van der Waals surface area contributed by atoms with Crippen molar-refractivity contribution in [2.24, 2.45) is 0 Å². The molecular weight excluding hydrogens is 461 g/mol. The average molecular weight is 500 g/mol. The number of aromatic nitrogens is 4. The van der Waals surface area contributed by atoms with Crippen LogP contribution in [-0.4, -0.2) is 54.3 Å². The summed E-state index contributed by atoms with van der Waals surface area (Å²) in [6.07, 6.45) is 13.8. The fourth-order valence-corrected chi connectivity index (χ4v) is 4.01. The molecule has 11 nitrogen and oxygen atoms in total. The number of hydroxylamine groups is 1. The normalized spacial score (nSPS) is 12.8. The largest absolute Gasteiger partial charge is 0.364 e. The second-order valence-corrected chi connectivity index (χ2v) is 10.1. The van der Waals surface area contributed by atoms with Gasteiger partial charge in [0.2, 0.25) is 0 Å². The van der Waals surface area contributed by atoms with Crippen LogP contribution in [0, 0.1) is 0 Å². The van der Waals surface area contributed by atoms with E-state index >= 15 is 0 Å². The maximum atomic E-state index is 12.5. The molecule has 0 fully saturated rings. The van der Waals surface area contributed by atoms with Gasteiger partial charge in [-0.15, -0.1) is 0 Å². The molecule has 0 spiro atoms. The first-order valence-electron chi connectivity index (χ1n) is 12.1. The van der Waals surface area contributed by atoms with E-state index in [-0.39, 0.29) is 12.2 Å². The number of nitrogens with zero attached hydrogens (tertiary/aromatic N) is 4. The topological polar surface area (TPSA) is 149 Å². The van der Waals surface area contributed by atoms with Crippen LogP contribution in [0.25, 0.3) is 11.2 Å². The summed E-state index contributed by atoms with van der Waals surface area (Å²) in [6.45, 7) is 4.59. The van der Waals surface area contributed by atoms with Crippen LogP contribution < -0.4 is 5.48 Å². The molecular formula is C22H38N5O6P. The summed E-state index contributed by atoms with van der Waals surface area (Å²) < 4.78 is 17.8. The Balaban J connectivity index is 1.71. The molecule has 0 aromatic carbocycles. The van der Waals surface area contributed by atoms with Gasteiger partial charge < -0.3 is 19.1 Å². The van der Waals surface area contributed by atoms with E-state index in [0.717, 1.165) is 12.8 Å². The van der Waals surface area contributed by atoms with Gasteiger partial charge in [0.15, 0.2) is 11.3 Å². The number of unbranched alkanes of at least 4 members (excludes halogenated alkanes) is 9. The van der Waals surface area contributed by atoms with Crippen molar-refractivity contribution in [3.05, 3.63) is 18.3 Å². The van der Waals surface area contributed by atoms with Crippen LogP contribution in [0.3, 0.4) is 0 Å². The van der Waals surface area contributed by atoms with Crippen molar-refractivity contribution in [2.45, 2.75) is 90.7 Å². The van der Waals surface area contributed by atoms with Crippen LogP contribution in [0.5, 0.6) is 0 Å². The lowest BCUT2D eigenvalue weighted by atomic mass is 10.1. The zero-order chi connectivity index (χ0) is 24.8. The van der Waals surface area contributed by atoms with E-state index in [2.05, 4.69) is 27.4 Å². The van der Waals surface area contributed by atoms with E-state index in [1.807, 2.05) is 0 Å². The quantitative estimate of drug-likeness (QED) is 0.157. The molecule has 3 N–H and O–H groups in total. The molecule has 1 amide bonds. The van der Waals surface area contributed by atoms with Gasteiger partial charge in [-0.05, 0) is 13.3 Å². The van der Waals surface area contributed by atoms with Crippen molar-refractivity contribution >= 4 is 24.7 Å². The molecule has 2 aromatic heterocycles. The van der Waals surface area contributed by atoms with Gasteiger partial charge in [-0.2, -0.15) is 0 Å². The molecule has 0 aliphatic heterocycles. The number of amides is 1. The van der Waals surface area contributed by atoms with E-state index in [0.29, 0.717) is 17.8 Å². The zero-order valence-corrected chi connectivity index (χ0v) is 21.1. The van der Waals surface area contributed by atoms with Crippen LogP contribution in [0.15, 0.2) is 12.7 Å². The number of rotatable bonds is 18. The third kappa shape index (κ3) is 10.6. The number of fused-ring (bicyclic) bond motifs is 1. The molecule has 34 heavy (non-hydrogen) atoms. The van der Waals surface area contributed by atoms with Gasteiger partial charge in [0, 0.05) is 0 Å². The van der Waals surface area contributed by atoms with Crippen molar-refractivity contribution < 1.29 is 28.7 Å². The lowest BCUT2D eigenvalue weighted by Crippen LogP contribution is -2.25. The maximum absolute atomic E-state index is 12.5. The Morgan fingerprint density at radius 3 is 2.35 bits per heavy atom. The molecule has 0 aliphatic rings. The highest BCUT2D eigenvalue weighted by Crippen LogP contribution is 2.34. The molecule has 0 unspecified atom stereocenters. The Morgan fingerprint density at radius 1 is 1.06 bits per heavy atom. The van der Waals surface area contributed by atoms with Crippen molar-refractivity contribution in [3.8, 4) is 0 Å². The van der Waals surface area contributed by atoms with Crippen LogP contribution in [0.4, 0.5) is 0 Å². The fourth-order valence-electron chi connectivity index (χ4n) is 3.56. The standard InChI is InChI=1S/C22H38N5O6P/c1-3-4-5-6-7-8-9-10-11-12-13-33-26-22(28)20-19-21(24-15-23-20)27(16-25-19)14-18(2)32-17-34(29,30)31/h15-16,18H,3-14,17H2,1-2H3,(H,26,28)(H2,29,30,31)/t18-/m1/s1. The molecule has 12 heteroatoms. The Bertz CT molecular complexity index is 918. The summed E-state index contributed by atoms with van der Waals surface area (Å²) in [4.78, 5) is 48.1. The molecule has 192 valence electrons. The molecule has 0 bridgehead atoms. The Morgan fingerprint density at radius 2 is 1.71 bits per heavy atom. The predicted octanol–water partition coefficient (Wildman–Crippen LogP) is 3.95. The third-order valence-electron chi connectivity index (χ3n) is 5.36. The van der Waals surface area contributed by atoms with Crippen molar-refractivity contribution in [1.82, 2.24) is 25.0 Å². The summed E-state index contributed by atoms with van der Waals surface area (Å²) in [5.74, 6) is -0.504. The summed E-state index contributed by atoms with van der Waals surface area (Å²) in [6, 6.07) is 0. The van der Waals surface area contributed by atoms with Crippen LogP contribution in [0.2, 0.25) is 0 Å². The second kappa shape index (κ2) is 15.2. The first kappa shape index (κ1) is 28.3. The van der Waals surface area contributed by atoms with Crippen LogP contribution in [-0.2, 0) is 20.7 Å². The highest BCUT2D eigenvalue weighted by atomic mass is 31.2. The number of carbonyl (C=O) groups is 1. The monoisotopic (exact) mass is 499 g/mol. The number of carbonyl (C=O) groups excluding carboxylic acids is 1. The zero-order valence-electron chi connectivity index (χ0n) is 20.2. The van der Waals surface area contributed by atoms with E-state index in [9.17, 15) is 9.36 Å². The van der Waals surface area contributed by atoms with Gasteiger partial charge >= 0.3 is 7.60 Å². The van der Waals surface area contributed by atoms with E-state index in [1.54, 1.807) is 11.5 Å². The summed E-state index contributed by atoms with van der Waals surface area (Å²) in [5.41, 5.74) is 3.24. The number of hydrogen-bond donors (Lipinski definition) is 3. The first-order valence-corrected chi connectivity index (χ1v) is 13.9. The molecule has 1 atom stereocenters. The molecule has 0 radical (unpaired) electrons. The van der Waals surface area contributed by atoms with Crippen molar-refractivity contribution in [2.75, 3.05) is 13.0 Å². The van der Waals surface area contributed by atoms with E-state index in [4.69, 9.17) is 19.4 Å². The smallest absolute Gasteiger partial charge is 0.350 e. The highest BCUT2D eigenvalue weighted by molar-refractivity contribution is 7.51. The summed E-state index contributed by atoms with van der Waals surface area (Å²) in [7, 11) is -4.25. The van der Waals surface area contributed by atoms with Crippen LogP contribution >= 0.6 is 7.60 Å². The minimum atomic E-state index is -4.25. The van der Waals surface area contributed by atoms with Crippen molar-refractivity contribution in [1.29, 1.82) is 0 Å². The van der Waals surface area contributed by atoms with Crippen molar-refractivity contribution in [3.63, 3.8) is 0 Å². The van der Waals surface area contributed by atoms with Gasteiger partial charge in [-0.25, -0.2) is 20.4 Å². The van der Waals surface area contributed by atoms with Crippen LogP contribution in [0.1, 0.15) is 88.5 Å². The SMILES string of the molecule is CCCCCCCCCCCCONC(=O)c1ncnc2c1ncn2C[C@@H](C)OCP(=O)(O)O. The first-order chi connectivity index (χ1) is 16.3. The molecule has 2 rings (SSSR count). The van der Waals surface area contributed by atoms with Gasteiger partial charge in [0.05, 0.1) is 25.6 Å². The highest BCUT2D eigenvalue weighted by Gasteiger charge is 2.19. The maximum Gasteiger partial charge on any atom is 0.350 e. The summed E-state index contributed by atoms with van der Waals surface area (Å²) >= 11 is 0. The lowest BCUT2D eigenvalue weighted by Gasteiger charge is -2.14. The number of nitrogens with one attached hydrogen (secondary N) is 1. The van der Waals surface area contributed by atoms with Gasteiger partial charge in [-0.1, -0.05) is 64.7 Å². The minimum absolute atomic E-state index is 0.0932. The van der Waals surface area contributed by atoms with Gasteiger partial charge in [-0.3, -0.25) is 14.2 Å². The number of imidazole rings is 1. The Kier molecular flexibility index (Phi) is 12.6. The predicted molar refractivity (Wildman–Crippen MR) is 128 cm³/mol. The van der Waals surface area contributed by atoms with Gasteiger partial charge in [0.1, 0.15) is 18.2 Å². The second-order valence-electron chi connectivity index (χ2n) is 8.52. The number of hydrogen-bond acceptors (Lipinski definition) is 7. The molecule has 0 aliphatic carbocycles. The lowest BCUT2D eigenvalue weighted by molar-refractivity contribution is 0.0294. The fraction of sp³-hybridized carbons (Fsp3) is 0.727. The number of ether oxygens (including phenoxy) is 1. The van der Waals surface area contributed by atoms with E-state index < -0.39 is 26.0 Å². The van der Waals surface area contributed by atoms with Gasteiger partial charge in [0.25, 0.3) is 5.91 Å². The Labute approximate surface area is 200 Å². The van der Waals surface area contributed by atoms with E-state index in [1.165, 1.54) is 64.0 Å². The molecule has 2 heterocycles. The summed E-state index contributed by atoms with van der Waals surface area (Å²) in [5, 5.41) is 0. The molecule has 0 saturated heterocycles. The molecule has 0 saturated carbocycles. The Hall–Kier alpha value is -1.91. The average Bonchev–Trinajstić information content (AvgIpc) is 3.20. The molecule has 2 aromatic rings.